The lowest BCUT2D eigenvalue weighted by molar-refractivity contribution is 0.726. The van der Waals surface area contributed by atoms with Gasteiger partial charge >= 0.3 is 0 Å². The lowest BCUT2D eigenvalue weighted by Gasteiger charge is -2.14. The normalized spacial score (nSPS) is 25.0. The summed E-state index contributed by atoms with van der Waals surface area (Å²) in [6.07, 6.45) is 7.18. The quantitative estimate of drug-likeness (QED) is 0.578. The van der Waals surface area contributed by atoms with Crippen molar-refractivity contribution in [2.24, 2.45) is 10.9 Å². The third kappa shape index (κ3) is 3.02. The van der Waals surface area contributed by atoms with Crippen LogP contribution >= 0.6 is 0 Å². The first kappa shape index (κ1) is 9.97. The van der Waals surface area contributed by atoms with Crippen LogP contribution in [0, 0.1) is 5.92 Å². The molecule has 1 unspecified atom stereocenters. The second-order valence-electron chi connectivity index (χ2n) is 3.86. The Kier molecular flexibility index (Phi) is 3.24. The minimum absolute atomic E-state index is 0.609. The summed E-state index contributed by atoms with van der Waals surface area (Å²) < 4.78 is 0. The molecule has 0 N–H and O–H groups in total. The molecule has 1 nitrogen and oxygen atoms in total. The predicted molar refractivity (Wildman–Crippen MR) is 58.9 cm³/mol. The molecule has 0 amide bonds. The summed E-state index contributed by atoms with van der Waals surface area (Å²) in [4.78, 5) is 4.37. The van der Waals surface area contributed by atoms with E-state index in [1.807, 2.05) is 20.0 Å². The molecular formula is C12H17N. The van der Waals surface area contributed by atoms with Crippen molar-refractivity contribution < 1.29 is 0 Å². The Balaban J connectivity index is 2.82. The predicted octanol–water partition coefficient (Wildman–Crippen LogP) is 3.50. The third-order valence-electron chi connectivity index (χ3n) is 1.98. The molecule has 0 spiro atoms. The van der Waals surface area contributed by atoms with Crippen LogP contribution in [0.4, 0.5) is 0 Å². The molecule has 1 aliphatic carbocycles. The number of hydrogen-bond donors (Lipinski definition) is 0. The Morgan fingerprint density at radius 3 is 2.85 bits per heavy atom. The van der Waals surface area contributed by atoms with Crippen LogP contribution in [-0.2, 0) is 0 Å². The highest BCUT2D eigenvalue weighted by molar-refractivity contribution is 6.09. The van der Waals surface area contributed by atoms with Crippen molar-refractivity contribution >= 4 is 5.71 Å². The minimum Gasteiger partial charge on any atom is -0.257 e. The summed E-state index contributed by atoms with van der Waals surface area (Å²) in [5.41, 5.74) is 3.39. The standard InChI is InChI=1S/C12H17N/c1-9(2)8-13-12-6-5-10(3)7-11(12)4/h5-6,8,10H,4,7H2,1-3H3. The fraction of sp³-hybridized carbons (Fsp3) is 0.417. The molecule has 0 radical (unpaired) electrons. The van der Waals surface area contributed by atoms with E-state index in [4.69, 9.17) is 0 Å². The Labute approximate surface area is 80.6 Å². The molecule has 1 rings (SSSR count). The van der Waals surface area contributed by atoms with Gasteiger partial charge in [-0.2, -0.15) is 0 Å². The van der Waals surface area contributed by atoms with E-state index >= 15 is 0 Å². The maximum absolute atomic E-state index is 4.37. The molecule has 70 valence electrons. The number of rotatable bonds is 1. The molecule has 0 aromatic carbocycles. The van der Waals surface area contributed by atoms with Crippen LogP contribution in [0.3, 0.4) is 0 Å². The minimum atomic E-state index is 0.609. The van der Waals surface area contributed by atoms with Gasteiger partial charge in [0.15, 0.2) is 0 Å². The zero-order chi connectivity index (χ0) is 9.84. The molecule has 0 bridgehead atoms. The van der Waals surface area contributed by atoms with Gasteiger partial charge in [-0.1, -0.05) is 25.2 Å². The highest BCUT2D eigenvalue weighted by atomic mass is 14.7. The van der Waals surface area contributed by atoms with Crippen molar-refractivity contribution in [3.8, 4) is 0 Å². The fourth-order valence-corrected chi connectivity index (χ4v) is 1.27. The van der Waals surface area contributed by atoms with Gasteiger partial charge < -0.3 is 0 Å². The zero-order valence-corrected chi connectivity index (χ0v) is 8.67. The van der Waals surface area contributed by atoms with Crippen molar-refractivity contribution in [3.63, 3.8) is 0 Å². The van der Waals surface area contributed by atoms with E-state index in [1.165, 1.54) is 5.57 Å². The summed E-state index contributed by atoms with van der Waals surface area (Å²) in [5.74, 6) is 0.609. The van der Waals surface area contributed by atoms with Gasteiger partial charge in [0, 0.05) is 6.20 Å². The van der Waals surface area contributed by atoms with Gasteiger partial charge in [0.1, 0.15) is 0 Å². The Bertz CT molecular complexity index is 288. The van der Waals surface area contributed by atoms with Crippen molar-refractivity contribution in [2.45, 2.75) is 27.2 Å². The summed E-state index contributed by atoms with van der Waals surface area (Å²) in [6.45, 7) is 10.3. The highest BCUT2D eigenvalue weighted by Gasteiger charge is 2.10. The van der Waals surface area contributed by atoms with Gasteiger partial charge in [0.05, 0.1) is 5.71 Å². The number of hydrogen-bond acceptors (Lipinski definition) is 1. The molecule has 0 aromatic rings. The first-order chi connectivity index (χ1) is 6.09. The van der Waals surface area contributed by atoms with E-state index in [1.54, 1.807) is 0 Å². The average molecular weight is 175 g/mol. The van der Waals surface area contributed by atoms with Crippen LogP contribution in [0.1, 0.15) is 27.2 Å². The van der Waals surface area contributed by atoms with Crippen LogP contribution in [0.25, 0.3) is 0 Å². The number of nitrogens with zero attached hydrogens (tertiary/aromatic N) is 1. The summed E-state index contributed by atoms with van der Waals surface area (Å²) in [6, 6.07) is 0. The van der Waals surface area contributed by atoms with Crippen molar-refractivity contribution in [1.29, 1.82) is 0 Å². The maximum atomic E-state index is 4.37. The van der Waals surface area contributed by atoms with E-state index in [0.717, 1.165) is 17.7 Å². The molecular weight excluding hydrogens is 158 g/mol. The van der Waals surface area contributed by atoms with E-state index in [9.17, 15) is 0 Å². The maximum Gasteiger partial charge on any atom is 0.0652 e. The van der Waals surface area contributed by atoms with Crippen molar-refractivity contribution in [3.05, 3.63) is 36.1 Å². The molecule has 1 aliphatic rings. The lowest BCUT2D eigenvalue weighted by Crippen LogP contribution is -2.07. The van der Waals surface area contributed by atoms with Crippen LogP contribution in [0.15, 0.2) is 41.1 Å². The van der Waals surface area contributed by atoms with Gasteiger partial charge in [0.25, 0.3) is 0 Å². The van der Waals surface area contributed by atoms with Crippen LogP contribution in [-0.4, -0.2) is 5.71 Å². The fourth-order valence-electron chi connectivity index (χ4n) is 1.27. The van der Waals surface area contributed by atoms with E-state index < -0.39 is 0 Å². The Morgan fingerprint density at radius 1 is 1.62 bits per heavy atom. The first-order valence-corrected chi connectivity index (χ1v) is 4.67. The Morgan fingerprint density at radius 2 is 2.31 bits per heavy atom. The summed E-state index contributed by atoms with van der Waals surface area (Å²) in [5, 5.41) is 0. The van der Waals surface area contributed by atoms with Gasteiger partial charge in [-0.3, -0.25) is 4.99 Å². The Hall–Kier alpha value is -1.11. The number of aliphatic imine (C=N–C) groups is 1. The molecule has 13 heavy (non-hydrogen) atoms. The molecule has 0 heterocycles. The van der Waals surface area contributed by atoms with Gasteiger partial charge in [0.2, 0.25) is 0 Å². The molecule has 0 fully saturated rings. The van der Waals surface area contributed by atoms with Crippen LogP contribution in [0.5, 0.6) is 0 Å². The molecule has 1 heteroatoms. The van der Waals surface area contributed by atoms with E-state index in [0.29, 0.717) is 5.92 Å². The largest absolute Gasteiger partial charge is 0.257 e. The second kappa shape index (κ2) is 4.22. The van der Waals surface area contributed by atoms with Crippen molar-refractivity contribution in [2.75, 3.05) is 0 Å². The average Bonchev–Trinajstić information content (AvgIpc) is 2.02. The van der Waals surface area contributed by atoms with Gasteiger partial charge in [-0.05, 0) is 37.8 Å². The van der Waals surface area contributed by atoms with Crippen LogP contribution in [0.2, 0.25) is 0 Å². The topological polar surface area (TPSA) is 12.4 Å². The van der Waals surface area contributed by atoms with Gasteiger partial charge in [-0.25, -0.2) is 0 Å². The van der Waals surface area contributed by atoms with E-state index in [-0.39, 0.29) is 0 Å². The van der Waals surface area contributed by atoms with Crippen molar-refractivity contribution in [1.82, 2.24) is 0 Å². The molecule has 0 aromatic heterocycles. The summed E-state index contributed by atoms with van der Waals surface area (Å²) >= 11 is 0. The second-order valence-corrected chi connectivity index (χ2v) is 3.86. The molecule has 0 saturated carbocycles. The molecule has 1 atom stereocenters. The molecule has 0 aliphatic heterocycles. The lowest BCUT2D eigenvalue weighted by atomic mass is 9.92. The first-order valence-electron chi connectivity index (χ1n) is 4.67. The summed E-state index contributed by atoms with van der Waals surface area (Å²) in [7, 11) is 0. The van der Waals surface area contributed by atoms with Crippen LogP contribution < -0.4 is 0 Å². The zero-order valence-electron chi connectivity index (χ0n) is 8.67. The third-order valence-corrected chi connectivity index (χ3v) is 1.98. The smallest absolute Gasteiger partial charge is 0.0652 e. The highest BCUT2D eigenvalue weighted by Crippen LogP contribution is 2.19. The van der Waals surface area contributed by atoms with Gasteiger partial charge in [-0.15, -0.1) is 0 Å². The monoisotopic (exact) mass is 175 g/mol. The van der Waals surface area contributed by atoms with E-state index in [2.05, 4.69) is 30.6 Å². The SMILES string of the molecule is C=C1CC(C)C=CC1=NC=C(C)C. The number of allylic oxidation sites excluding steroid dienone is 4. The molecule has 0 saturated heterocycles.